The lowest BCUT2D eigenvalue weighted by Crippen LogP contribution is -2.12. The zero-order chi connectivity index (χ0) is 28.2. The summed E-state index contributed by atoms with van der Waals surface area (Å²) in [6.45, 7) is 0.231. The summed E-state index contributed by atoms with van der Waals surface area (Å²) in [4.78, 5) is 11.1. The van der Waals surface area contributed by atoms with Crippen molar-refractivity contribution in [3.05, 3.63) is 89.0 Å². The van der Waals surface area contributed by atoms with Gasteiger partial charge in [0.2, 0.25) is 0 Å². The highest BCUT2D eigenvalue weighted by molar-refractivity contribution is 5.77. The fourth-order valence-electron chi connectivity index (χ4n) is 5.69. The fourth-order valence-corrected chi connectivity index (χ4v) is 5.69. The van der Waals surface area contributed by atoms with Gasteiger partial charge in [-0.1, -0.05) is 30.3 Å². The number of carboxylic acid groups (broad SMARTS) is 1. The lowest BCUT2D eigenvalue weighted by molar-refractivity contribution is -0.138. The van der Waals surface area contributed by atoms with E-state index in [-0.39, 0.29) is 42.1 Å². The van der Waals surface area contributed by atoms with Crippen LogP contribution in [-0.4, -0.2) is 27.5 Å². The Balaban J connectivity index is 1.35. The van der Waals surface area contributed by atoms with E-state index in [0.29, 0.717) is 29.5 Å². The molecule has 0 fully saturated rings. The van der Waals surface area contributed by atoms with Gasteiger partial charge in [-0.3, -0.25) is 9.48 Å². The maximum absolute atomic E-state index is 15.3. The van der Waals surface area contributed by atoms with E-state index in [2.05, 4.69) is 5.10 Å². The minimum Gasteiger partial charge on any atom is -0.492 e. The molecule has 6 rings (SSSR count). The number of aryl methyl sites for hydroxylation is 1. The molecule has 0 radical (unpaired) electrons. The Morgan fingerprint density at radius 2 is 1.88 bits per heavy atom. The third kappa shape index (κ3) is 4.67. The maximum atomic E-state index is 15.3. The second kappa shape index (κ2) is 9.69. The van der Waals surface area contributed by atoms with Crippen molar-refractivity contribution < 1.29 is 36.9 Å². The molecule has 2 heterocycles. The van der Waals surface area contributed by atoms with E-state index < -0.39 is 29.6 Å². The molecule has 1 aromatic heterocycles. The summed E-state index contributed by atoms with van der Waals surface area (Å²) in [6.07, 6.45) is -1.62. The van der Waals surface area contributed by atoms with Crippen LogP contribution < -0.4 is 9.47 Å². The Labute approximate surface area is 226 Å². The Morgan fingerprint density at radius 3 is 2.55 bits per heavy atom. The second-order valence-corrected chi connectivity index (χ2v) is 10.1. The van der Waals surface area contributed by atoms with E-state index in [4.69, 9.17) is 14.6 Å². The van der Waals surface area contributed by atoms with Crippen LogP contribution in [0.4, 0.5) is 17.6 Å². The first-order valence-corrected chi connectivity index (χ1v) is 12.8. The van der Waals surface area contributed by atoms with Gasteiger partial charge in [0.25, 0.3) is 0 Å². The van der Waals surface area contributed by atoms with E-state index in [0.717, 1.165) is 16.7 Å². The minimum absolute atomic E-state index is 0.0402. The molecule has 0 bridgehead atoms. The highest BCUT2D eigenvalue weighted by Gasteiger charge is 2.40. The second-order valence-electron chi connectivity index (χ2n) is 10.1. The Hall–Kier alpha value is -4.34. The van der Waals surface area contributed by atoms with Crippen molar-refractivity contribution >= 4 is 5.97 Å². The Morgan fingerprint density at radius 1 is 1.12 bits per heavy atom. The topological polar surface area (TPSA) is 73.6 Å². The van der Waals surface area contributed by atoms with Crippen LogP contribution in [0.1, 0.15) is 47.1 Å². The highest BCUT2D eigenvalue weighted by Crippen LogP contribution is 2.48. The van der Waals surface area contributed by atoms with Crippen LogP contribution in [0.2, 0.25) is 0 Å². The maximum Gasteiger partial charge on any atom is 0.417 e. The molecular formula is C30H24F4N2O4. The van der Waals surface area contributed by atoms with Crippen LogP contribution in [0.5, 0.6) is 11.5 Å². The number of hydrogen-bond acceptors (Lipinski definition) is 4. The molecule has 40 heavy (non-hydrogen) atoms. The highest BCUT2D eigenvalue weighted by atomic mass is 19.4. The number of carbonyl (C=O) groups is 1. The van der Waals surface area contributed by atoms with Gasteiger partial charge in [-0.15, -0.1) is 0 Å². The molecule has 10 heteroatoms. The lowest BCUT2D eigenvalue weighted by atomic mass is 9.90. The van der Waals surface area contributed by atoms with Crippen LogP contribution >= 0.6 is 0 Å². The predicted molar refractivity (Wildman–Crippen MR) is 138 cm³/mol. The van der Waals surface area contributed by atoms with Gasteiger partial charge in [-0.2, -0.15) is 18.3 Å². The summed E-state index contributed by atoms with van der Waals surface area (Å²) >= 11 is 0. The molecule has 2 atom stereocenters. The number of benzene rings is 3. The van der Waals surface area contributed by atoms with Crippen molar-refractivity contribution in [2.45, 2.75) is 37.5 Å². The summed E-state index contributed by atoms with van der Waals surface area (Å²) in [5.41, 5.74) is 2.06. The zero-order valence-corrected chi connectivity index (χ0v) is 21.3. The smallest absolute Gasteiger partial charge is 0.417 e. The minimum atomic E-state index is -4.75. The number of fused-ring (bicyclic) bond motifs is 2. The molecule has 3 aromatic carbocycles. The van der Waals surface area contributed by atoms with E-state index >= 15 is 4.39 Å². The fraction of sp³-hybridized carbons (Fsp3) is 0.267. The summed E-state index contributed by atoms with van der Waals surface area (Å²) in [5.74, 6) is -1.31. The molecule has 4 aromatic rings. The molecule has 2 aliphatic rings. The molecule has 0 amide bonds. The normalized spacial score (nSPS) is 17.8. The summed E-state index contributed by atoms with van der Waals surface area (Å²) < 4.78 is 71.2. The van der Waals surface area contributed by atoms with Crippen molar-refractivity contribution in [2.24, 2.45) is 7.05 Å². The average molecular weight is 553 g/mol. The lowest BCUT2D eigenvalue weighted by Gasteiger charge is -2.21. The predicted octanol–water partition coefficient (Wildman–Crippen LogP) is 6.93. The van der Waals surface area contributed by atoms with Crippen LogP contribution in [0.15, 0.2) is 60.9 Å². The number of carboxylic acids is 1. The quantitative estimate of drug-likeness (QED) is 0.263. The van der Waals surface area contributed by atoms with Crippen molar-refractivity contribution in [3.8, 4) is 33.8 Å². The number of alkyl halides is 3. The van der Waals surface area contributed by atoms with Gasteiger partial charge >= 0.3 is 12.1 Å². The van der Waals surface area contributed by atoms with Crippen molar-refractivity contribution in [2.75, 3.05) is 6.61 Å². The molecule has 1 aliphatic heterocycles. The molecule has 1 N–H and O–H groups in total. The van der Waals surface area contributed by atoms with Gasteiger partial charge in [-0.05, 0) is 47.2 Å². The summed E-state index contributed by atoms with van der Waals surface area (Å²) in [5, 5.41) is 13.2. The van der Waals surface area contributed by atoms with Gasteiger partial charge < -0.3 is 14.6 Å². The SMILES string of the molecule is Cn1cc(-c2ccc(-c3c(C(F)(F)F)cc(F)c4c3CC[C@H]4Oc3ccc4c(c3)OCC4CC(=O)O)cc2)cn1. The average Bonchev–Trinajstić information content (AvgIpc) is 3.63. The molecule has 6 nitrogen and oxygen atoms in total. The molecule has 206 valence electrons. The monoisotopic (exact) mass is 552 g/mol. The largest absolute Gasteiger partial charge is 0.492 e. The first-order chi connectivity index (χ1) is 19.1. The van der Waals surface area contributed by atoms with E-state index in [1.54, 1.807) is 60.4 Å². The third-order valence-electron chi connectivity index (χ3n) is 7.48. The molecule has 0 saturated heterocycles. The number of hydrogen-bond donors (Lipinski definition) is 1. The first-order valence-electron chi connectivity index (χ1n) is 12.8. The first kappa shape index (κ1) is 25.9. The number of nitrogens with zero attached hydrogens (tertiary/aromatic N) is 2. The van der Waals surface area contributed by atoms with Crippen molar-refractivity contribution in [1.82, 2.24) is 9.78 Å². The summed E-state index contributed by atoms with van der Waals surface area (Å²) in [7, 11) is 1.78. The van der Waals surface area contributed by atoms with Crippen LogP contribution in [0.25, 0.3) is 22.3 Å². The van der Waals surface area contributed by atoms with Crippen molar-refractivity contribution in [1.29, 1.82) is 0 Å². The number of aromatic nitrogens is 2. The number of halogens is 4. The van der Waals surface area contributed by atoms with Gasteiger partial charge in [0.15, 0.2) is 0 Å². The van der Waals surface area contributed by atoms with Gasteiger partial charge in [0.05, 0.1) is 24.8 Å². The Kier molecular flexibility index (Phi) is 6.28. The molecule has 1 aliphatic carbocycles. The number of rotatable bonds is 6. The van der Waals surface area contributed by atoms with E-state index in [9.17, 15) is 18.0 Å². The summed E-state index contributed by atoms with van der Waals surface area (Å²) in [6, 6.07) is 12.2. The zero-order valence-electron chi connectivity index (χ0n) is 21.3. The molecule has 0 spiro atoms. The molecular weight excluding hydrogens is 528 g/mol. The molecule has 0 saturated carbocycles. The van der Waals surface area contributed by atoms with E-state index in [1.165, 1.54) is 0 Å². The van der Waals surface area contributed by atoms with Crippen LogP contribution in [0, 0.1) is 5.82 Å². The number of aliphatic carboxylic acids is 1. The van der Waals surface area contributed by atoms with Gasteiger partial charge in [0.1, 0.15) is 23.4 Å². The standard InChI is InChI=1S/C30H24F4N2O4/c1-36-14-19(13-35-36)16-2-4-17(5-3-16)28-22-8-9-25(29(22)24(31)12-23(28)30(32,33)34)40-20-6-7-21-18(10-27(37)38)15-39-26(21)11-20/h2-7,11-14,18,25H,8-10,15H2,1H3,(H,37,38)/t18?,25-/m1/s1. The Bertz CT molecular complexity index is 1610. The van der Waals surface area contributed by atoms with Crippen molar-refractivity contribution in [3.63, 3.8) is 0 Å². The van der Waals surface area contributed by atoms with Crippen LogP contribution in [0.3, 0.4) is 0 Å². The third-order valence-corrected chi connectivity index (χ3v) is 7.48. The van der Waals surface area contributed by atoms with Gasteiger partial charge in [-0.25, -0.2) is 4.39 Å². The molecule has 1 unspecified atom stereocenters. The number of ether oxygens (including phenoxy) is 2. The van der Waals surface area contributed by atoms with E-state index in [1.807, 2.05) is 6.20 Å². The van der Waals surface area contributed by atoms with Crippen LogP contribution in [-0.2, 0) is 24.4 Å². The van der Waals surface area contributed by atoms with Gasteiger partial charge in [0, 0.05) is 41.9 Å².